The van der Waals surface area contributed by atoms with Crippen LogP contribution in [0.15, 0.2) is 10.6 Å². The second kappa shape index (κ2) is 7.01. The van der Waals surface area contributed by atoms with Crippen molar-refractivity contribution >= 4 is 5.91 Å². The van der Waals surface area contributed by atoms with Gasteiger partial charge in [-0.2, -0.15) is 0 Å². The lowest BCUT2D eigenvalue weighted by Gasteiger charge is -2.40. The number of aryl methyl sites for hydroxylation is 1. The molecule has 6 heteroatoms. The summed E-state index contributed by atoms with van der Waals surface area (Å²) in [5.41, 5.74) is -0.437. The van der Waals surface area contributed by atoms with Crippen LogP contribution in [-0.2, 0) is 6.42 Å². The Balaban J connectivity index is 1.63. The van der Waals surface area contributed by atoms with Gasteiger partial charge in [-0.25, -0.2) is 0 Å². The Bertz CT molecular complexity index is 539. The van der Waals surface area contributed by atoms with E-state index < -0.39 is 5.60 Å². The fraction of sp³-hybridized carbons (Fsp3) is 0.765. The van der Waals surface area contributed by atoms with Crippen LogP contribution in [0.5, 0.6) is 0 Å². The van der Waals surface area contributed by atoms with E-state index in [4.69, 9.17) is 4.52 Å². The maximum Gasteiger partial charge on any atom is 0.276 e. The predicted molar refractivity (Wildman–Crippen MR) is 86.3 cm³/mol. The first-order valence-electron chi connectivity index (χ1n) is 8.79. The largest absolute Gasteiger partial charge is 0.387 e. The molecule has 2 aliphatic rings. The highest BCUT2D eigenvalue weighted by atomic mass is 16.5. The summed E-state index contributed by atoms with van der Waals surface area (Å²) < 4.78 is 5.21. The first kappa shape index (κ1) is 16.5. The molecule has 3 heterocycles. The zero-order chi connectivity index (χ0) is 16.3. The van der Waals surface area contributed by atoms with Crippen molar-refractivity contribution in [3.8, 4) is 0 Å². The maximum absolute atomic E-state index is 12.6. The normalized spacial score (nSPS) is 25.9. The van der Waals surface area contributed by atoms with Gasteiger partial charge < -0.3 is 19.4 Å². The van der Waals surface area contributed by atoms with Crippen LogP contribution in [0.1, 0.15) is 55.3 Å². The summed E-state index contributed by atoms with van der Waals surface area (Å²) in [5.74, 6) is 0.621. The number of carbonyl (C=O) groups excluding carboxylic acids is 1. The van der Waals surface area contributed by atoms with Crippen molar-refractivity contribution in [3.63, 3.8) is 0 Å². The quantitative estimate of drug-likeness (QED) is 0.894. The molecular weight excluding hydrogens is 294 g/mol. The Kier molecular flexibility index (Phi) is 5.02. The Labute approximate surface area is 137 Å². The first-order chi connectivity index (χ1) is 11.1. The van der Waals surface area contributed by atoms with Gasteiger partial charge in [0.25, 0.3) is 5.91 Å². The second-order valence-corrected chi connectivity index (χ2v) is 6.97. The standard InChI is InChI=1S/C17H27N3O3/c1-2-6-14-11-15(18-23-14)16(21)20-10-5-7-17(22,13-20)12-19-8-3-4-9-19/h11,22H,2-10,12-13H2,1H3. The maximum atomic E-state index is 12.6. The van der Waals surface area contributed by atoms with Gasteiger partial charge in [-0.3, -0.25) is 4.79 Å². The van der Waals surface area contributed by atoms with E-state index in [0.29, 0.717) is 25.3 Å². The molecule has 1 atom stereocenters. The van der Waals surface area contributed by atoms with Crippen molar-refractivity contribution in [1.82, 2.24) is 15.0 Å². The number of likely N-dealkylation sites (tertiary alicyclic amines) is 2. The molecule has 1 amide bonds. The van der Waals surface area contributed by atoms with Crippen molar-refractivity contribution < 1.29 is 14.4 Å². The van der Waals surface area contributed by atoms with Crippen molar-refractivity contribution in [3.05, 3.63) is 17.5 Å². The minimum Gasteiger partial charge on any atom is -0.387 e. The Morgan fingerprint density at radius 1 is 1.35 bits per heavy atom. The van der Waals surface area contributed by atoms with E-state index in [2.05, 4.69) is 17.0 Å². The van der Waals surface area contributed by atoms with Crippen LogP contribution in [0, 0.1) is 0 Å². The fourth-order valence-electron chi connectivity index (χ4n) is 3.71. The smallest absolute Gasteiger partial charge is 0.276 e. The molecule has 2 fully saturated rings. The number of nitrogens with zero attached hydrogens (tertiary/aromatic N) is 3. The van der Waals surface area contributed by atoms with Gasteiger partial charge in [0.15, 0.2) is 5.69 Å². The summed E-state index contributed by atoms with van der Waals surface area (Å²) in [7, 11) is 0. The highest BCUT2D eigenvalue weighted by Gasteiger charge is 2.38. The lowest BCUT2D eigenvalue weighted by atomic mass is 9.92. The van der Waals surface area contributed by atoms with Crippen molar-refractivity contribution in [2.24, 2.45) is 0 Å². The molecule has 2 saturated heterocycles. The molecule has 1 aromatic rings. The van der Waals surface area contributed by atoms with Crippen LogP contribution >= 0.6 is 0 Å². The fourth-order valence-corrected chi connectivity index (χ4v) is 3.71. The molecule has 1 N–H and O–H groups in total. The van der Waals surface area contributed by atoms with E-state index in [-0.39, 0.29) is 5.91 Å². The third-order valence-corrected chi connectivity index (χ3v) is 4.83. The number of aromatic nitrogens is 1. The van der Waals surface area contributed by atoms with Crippen LogP contribution < -0.4 is 0 Å². The lowest BCUT2D eigenvalue weighted by molar-refractivity contribution is -0.0433. The number of piperidine rings is 1. The van der Waals surface area contributed by atoms with E-state index in [0.717, 1.165) is 44.5 Å². The van der Waals surface area contributed by atoms with Crippen LogP contribution in [0.2, 0.25) is 0 Å². The van der Waals surface area contributed by atoms with E-state index in [1.807, 2.05) is 0 Å². The predicted octanol–water partition coefficient (Wildman–Crippen LogP) is 1.69. The molecule has 1 aromatic heterocycles. The molecule has 0 bridgehead atoms. The number of hydrogen-bond donors (Lipinski definition) is 1. The Hall–Kier alpha value is -1.40. The molecule has 0 saturated carbocycles. The van der Waals surface area contributed by atoms with Crippen molar-refractivity contribution in [2.45, 2.75) is 51.0 Å². The number of carbonyl (C=O) groups is 1. The topological polar surface area (TPSA) is 69.8 Å². The monoisotopic (exact) mass is 321 g/mol. The second-order valence-electron chi connectivity index (χ2n) is 6.97. The zero-order valence-corrected chi connectivity index (χ0v) is 14.0. The third kappa shape index (κ3) is 3.93. The molecule has 6 nitrogen and oxygen atoms in total. The Morgan fingerprint density at radius 3 is 2.87 bits per heavy atom. The summed E-state index contributed by atoms with van der Waals surface area (Å²) in [6, 6.07) is 1.74. The average molecular weight is 321 g/mol. The molecule has 0 radical (unpaired) electrons. The molecule has 0 spiro atoms. The summed E-state index contributed by atoms with van der Waals surface area (Å²) in [6.45, 7) is 5.90. The van der Waals surface area contributed by atoms with Crippen LogP contribution in [0.3, 0.4) is 0 Å². The molecule has 3 rings (SSSR count). The average Bonchev–Trinajstić information content (AvgIpc) is 3.18. The van der Waals surface area contributed by atoms with Gasteiger partial charge in [0.2, 0.25) is 0 Å². The molecule has 1 unspecified atom stereocenters. The van der Waals surface area contributed by atoms with Gasteiger partial charge >= 0.3 is 0 Å². The highest BCUT2D eigenvalue weighted by molar-refractivity contribution is 5.92. The SMILES string of the molecule is CCCc1cc(C(=O)N2CCCC(O)(CN3CCCC3)C2)no1. The van der Waals surface area contributed by atoms with Gasteiger partial charge in [-0.1, -0.05) is 12.1 Å². The van der Waals surface area contributed by atoms with Crippen molar-refractivity contribution in [2.75, 3.05) is 32.7 Å². The number of aliphatic hydroxyl groups is 1. The van der Waals surface area contributed by atoms with E-state index in [9.17, 15) is 9.90 Å². The van der Waals surface area contributed by atoms with E-state index in [1.165, 1.54) is 12.8 Å². The third-order valence-electron chi connectivity index (χ3n) is 4.83. The van der Waals surface area contributed by atoms with E-state index in [1.54, 1.807) is 11.0 Å². The van der Waals surface area contributed by atoms with Gasteiger partial charge in [0.05, 0.1) is 12.1 Å². The zero-order valence-electron chi connectivity index (χ0n) is 14.0. The molecule has 23 heavy (non-hydrogen) atoms. The number of rotatable bonds is 5. The first-order valence-corrected chi connectivity index (χ1v) is 8.79. The minimum atomic E-state index is -0.797. The van der Waals surface area contributed by atoms with Gasteiger partial charge in [0.1, 0.15) is 5.76 Å². The summed E-state index contributed by atoms with van der Waals surface area (Å²) in [4.78, 5) is 16.7. The molecule has 2 aliphatic heterocycles. The van der Waals surface area contributed by atoms with Gasteiger partial charge in [0, 0.05) is 25.6 Å². The molecule has 0 aliphatic carbocycles. The van der Waals surface area contributed by atoms with E-state index >= 15 is 0 Å². The Morgan fingerprint density at radius 2 is 2.13 bits per heavy atom. The van der Waals surface area contributed by atoms with Crippen LogP contribution in [-0.4, -0.2) is 64.3 Å². The van der Waals surface area contributed by atoms with Gasteiger partial charge in [-0.05, 0) is 45.2 Å². The van der Waals surface area contributed by atoms with Crippen LogP contribution in [0.4, 0.5) is 0 Å². The number of hydrogen-bond acceptors (Lipinski definition) is 5. The highest BCUT2D eigenvalue weighted by Crippen LogP contribution is 2.25. The summed E-state index contributed by atoms with van der Waals surface area (Å²) in [5, 5.41) is 14.8. The summed E-state index contributed by atoms with van der Waals surface area (Å²) in [6.07, 6.45) is 5.75. The van der Waals surface area contributed by atoms with Crippen molar-refractivity contribution in [1.29, 1.82) is 0 Å². The van der Waals surface area contributed by atoms with Crippen LogP contribution in [0.25, 0.3) is 0 Å². The summed E-state index contributed by atoms with van der Waals surface area (Å²) >= 11 is 0. The number of β-amino-alcohol motifs (C(OH)–C–C–N with tert-alkyl or cyclic N) is 1. The molecule has 128 valence electrons. The molecular formula is C17H27N3O3. The lowest BCUT2D eigenvalue weighted by Crippen LogP contribution is -2.55. The number of amides is 1. The molecule has 0 aromatic carbocycles. The minimum absolute atomic E-state index is 0.129. The van der Waals surface area contributed by atoms with Gasteiger partial charge in [-0.15, -0.1) is 0 Å².